The van der Waals surface area contributed by atoms with Gasteiger partial charge in [-0.1, -0.05) is 19.9 Å². The Labute approximate surface area is 107 Å². The fraction of sp³-hybridized carbons (Fsp3) is 0.429. The van der Waals surface area contributed by atoms with Crippen LogP contribution in [0.3, 0.4) is 0 Å². The average Bonchev–Trinajstić information content (AvgIpc) is 2.90. The molecule has 2 rings (SSSR count). The number of rotatable bonds is 5. The van der Waals surface area contributed by atoms with Gasteiger partial charge in [-0.05, 0) is 30.0 Å². The topological polar surface area (TPSA) is 25.2 Å². The third-order valence-electron chi connectivity index (χ3n) is 3.01. The van der Waals surface area contributed by atoms with Crippen molar-refractivity contribution < 1.29 is 4.42 Å². The van der Waals surface area contributed by atoms with Crippen LogP contribution >= 0.6 is 11.3 Å². The first kappa shape index (κ1) is 12.4. The Hall–Kier alpha value is -1.06. The summed E-state index contributed by atoms with van der Waals surface area (Å²) in [6.45, 7) is 8.36. The van der Waals surface area contributed by atoms with E-state index in [1.54, 1.807) is 6.26 Å². The minimum Gasteiger partial charge on any atom is -0.468 e. The van der Waals surface area contributed by atoms with Crippen LogP contribution in [0.15, 0.2) is 34.3 Å². The lowest BCUT2D eigenvalue weighted by molar-refractivity contribution is 0.435. The standard InChI is InChI=1S/C14H19NOS/c1-11-6-7-16-12(11)9-15-10-14(2,3)13-5-4-8-17-13/h4-8,15H,9-10H2,1-3H3. The largest absolute Gasteiger partial charge is 0.468 e. The molecule has 92 valence electrons. The number of furan rings is 1. The van der Waals surface area contributed by atoms with Gasteiger partial charge < -0.3 is 9.73 Å². The number of nitrogens with one attached hydrogen (secondary N) is 1. The number of thiophene rings is 1. The molecular weight excluding hydrogens is 230 g/mol. The van der Waals surface area contributed by atoms with Gasteiger partial charge in [0, 0.05) is 16.8 Å². The van der Waals surface area contributed by atoms with E-state index in [1.165, 1.54) is 10.4 Å². The van der Waals surface area contributed by atoms with Crippen LogP contribution in [0.25, 0.3) is 0 Å². The van der Waals surface area contributed by atoms with Crippen molar-refractivity contribution in [2.45, 2.75) is 32.7 Å². The van der Waals surface area contributed by atoms with E-state index in [1.807, 2.05) is 17.4 Å². The van der Waals surface area contributed by atoms with Crippen molar-refractivity contribution in [2.24, 2.45) is 0 Å². The molecule has 1 N–H and O–H groups in total. The summed E-state index contributed by atoms with van der Waals surface area (Å²) in [5.41, 5.74) is 1.39. The van der Waals surface area contributed by atoms with E-state index in [0.717, 1.165) is 18.8 Å². The summed E-state index contributed by atoms with van der Waals surface area (Å²) in [7, 11) is 0. The van der Waals surface area contributed by atoms with Crippen LogP contribution in [0.1, 0.15) is 30.0 Å². The van der Waals surface area contributed by atoms with E-state index in [9.17, 15) is 0 Å². The highest BCUT2D eigenvalue weighted by molar-refractivity contribution is 7.10. The van der Waals surface area contributed by atoms with Crippen LogP contribution < -0.4 is 5.32 Å². The van der Waals surface area contributed by atoms with Crippen molar-refractivity contribution in [2.75, 3.05) is 6.54 Å². The van der Waals surface area contributed by atoms with Crippen molar-refractivity contribution in [1.29, 1.82) is 0 Å². The lowest BCUT2D eigenvalue weighted by Gasteiger charge is -2.23. The number of hydrogen-bond acceptors (Lipinski definition) is 3. The van der Waals surface area contributed by atoms with Crippen molar-refractivity contribution in [3.05, 3.63) is 46.0 Å². The first-order valence-electron chi connectivity index (χ1n) is 5.87. The van der Waals surface area contributed by atoms with Crippen LogP contribution in [-0.4, -0.2) is 6.54 Å². The zero-order valence-electron chi connectivity index (χ0n) is 10.6. The minimum absolute atomic E-state index is 0.175. The molecule has 2 heterocycles. The summed E-state index contributed by atoms with van der Waals surface area (Å²) in [5, 5.41) is 5.60. The van der Waals surface area contributed by atoms with E-state index in [2.05, 4.69) is 43.6 Å². The summed E-state index contributed by atoms with van der Waals surface area (Å²) in [6, 6.07) is 6.31. The highest BCUT2D eigenvalue weighted by Gasteiger charge is 2.21. The molecule has 2 nitrogen and oxygen atoms in total. The van der Waals surface area contributed by atoms with Gasteiger partial charge in [0.05, 0.1) is 12.8 Å². The normalized spacial score (nSPS) is 11.9. The van der Waals surface area contributed by atoms with Gasteiger partial charge in [0.15, 0.2) is 0 Å². The molecule has 0 aromatic carbocycles. The summed E-state index contributed by atoms with van der Waals surface area (Å²) in [6.07, 6.45) is 1.75. The fourth-order valence-electron chi connectivity index (χ4n) is 1.82. The number of aryl methyl sites for hydroxylation is 1. The smallest absolute Gasteiger partial charge is 0.120 e. The Balaban J connectivity index is 1.88. The lowest BCUT2D eigenvalue weighted by atomic mass is 9.91. The molecule has 0 aliphatic rings. The molecule has 0 spiro atoms. The molecule has 0 saturated heterocycles. The highest BCUT2D eigenvalue weighted by atomic mass is 32.1. The summed E-state index contributed by atoms with van der Waals surface area (Å²) in [5.74, 6) is 1.03. The van der Waals surface area contributed by atoms with Crippen molar-refractivity contribution in [1.82, 2.24) is 5.32 Å². The van der Waals surface area contributed by atoms with Gasteiger partial charge >= 0.3 is 0 Å². The van der Waals surface area contributed by atoms with Gasteiger partial charge in [0.2, 0.25) is 0 Å². The Bertz CT molecular complexity index is 456. The van der Waals surface area contributed by atoms with Gasteiger partial charge in [-0.25, -0.2) is 0 Å². The molecule has 17 heavy (non-hydrogen) atoms. The third kappa shape index (κ3) is 2.99. The summed E-state index contributed by atoms with van der Waals surface area (Å²) < 4.78 is 5.41. The fourth-order valence-corrected chi connectivity index (χ4v) is 2.68. The third-order valence-corrected chi connectivity index (χ3v) is 4.24. The second kappa shape index (κ2) is 5.07. The second-order valence-electron chi connectivity index (χ2n) is 4.99. The van der Waals surface area contributed by atoms with Gasteiger partial charge in [0.1, 0.15) is 5.76 Å². The molecule has 3 heteroatoms. The van der Waals surface area contributed by atoms with E-state index in [-0.39, 0.29) is 5.41 Å². The molecule has 2 aromatic heterocycles. The van der Waals surface area contributed by atoms with E-state index in [0.29, 0.717) is 0 Å². The van der Waals surface area contributed by atoms with Crippen LogP contribution in [0.5, 0.6) is 0 Å². The highest BCUT2D eigenvalue weighted by Crippen LogP contribution is 2.26. The van der Waals surface area contributed by atoms with Crippen molar-refractivity contribution in [3.8, 4) is 0 Å². The van der Waals surface area contributed by atoms with Crippen LogP contribution in [-0.2, 0) is 12.0 Å². The maximum Gasteiger partial charge on any atom is 0.120 e. The molecule has 0 aliphatic carbocycles. The lowest BCUT2D eigenvalue weighted by Crippen LogP contribution is -2.31. The molecule has 0 saturated carbocycles. The molecule has 0 bridgehead atoms. The Kier molecular flexibility index (Phi) is 3.69. The quantitative estimate of drug-likeness (QED) is 0.873. The van der Waals surface area contributed by atoms with E-state index >= 15 is 0 Å². The molecule has 0 fully saturated rings. The van der Waals surface area contributed by atoms with Crippen molar-refractivity contribution in [3.63, 3.8) is 0 Å². The van der Waals surface area contributed by atoms with Gasteiger partial charge in [-0.15, -0.1) is 11.3 Å². The zero-order chi connectivity index (χ0) is 12.3. The van der Waals surface area contributed by atoms with E-state index < -0.39 is 0 Å². The van der Waals surface area contributed by atoms with Gasteiger partial charge in [0.25, 0.3) is 0 Å². The van der Waals surface area contributed by atoms with Crippen LogP contribution in [0.4, 0.5) is 0 Å². The predicted octanol–water partition coefficient (Wildman–Crippen LogP) is 3.72. The van der Waals surface area contributed by atoms with Crippen LogP contribution in [0, 0.1) is 6.92 Å². The van der Waals surface area contributed by atoms with Crippen LogP contribution in [0.2, 0.25) is 0 Å². The Morgan fingerprint density at radius 1 is 1.35 bits per heavy atom. The first-order chi connectivity index (χ1) is 8.09. The Morgan fingerprint density at radius 3 is 2.76 bits per heavy atom. The molecule has 2 aromatic rings. The molecule has 0 atom stereocenters. The van der Waals surface area contributed by atoms with Gasteiger partial charge in [-0.2, -0.15) is 0 Å². The Morgan fingerprint density at radius 2 is 2.18 bits per heavy atom. The molecule has 0 aliphatic heterocycles. The monoisotopic (exact) mass is 249 g/mol. The maximum absolute atomic E-state index is 5.41. The molecule has 0 unspecified atom stereocenters. The predicted molar refractivity (Wildman–Crippen MR) is 72.5 cm³/mol. The van der Waals surface area contributed by atoms with Crippen molar-refractivity contribution >= 4 is 11.3 Å². The minimum atomic E-state index is 0.175. The molecule has 0 radical (unpaired) electrons. The SMILES string of the molecule is Cc1ccoc1CNCC(C)(C)c1cccs1. The number of hydrogen-bond donors (Lipinski definition) is 1. The second-order valence-corrected chi connectivity index (χ2v) is 5.94. The first-order valence-corrected chi connectivity index (χ1v) is 6.75. The van der Waals surface area contributed by atoms with Gasteiger partial charge in [-0.3, -0.25) is 0 Å². The molecular formula is C14H19NOS. The summed E-state index contributed by atoms with van der Waals surface area (Å²) in [4.78, 5) is 1.42. The summed E-state index contributed by atoms with van der Waals surface area (Å²) >= 11 is 1.82. The average molecular weight is 249 g/mol. The van der Waals surface area contributed by atoms with E-state index in [4.69, 9.17) is 4.42 Å². The maximum atomic E-state index is 5.41. The molecule has 0 amide bonds. The zero-order valence-corrected chi connectivity index (χ0v) is 11.4.